The molecule has 0 atom stereocenters. The average molecular weight is 308 g/mol. The van der Waals surface area contributed by atoms with Crippen LogP contribution in [0.25, 0.3) is 11.1 Å². The summed E-state index contributed by atoms with van der Waals surface area (Å²) in [6.45, 7) is 0. The van der Waals surface area contributed by atoms with Crippen molar-refractivity contribution in [1.82, 2.24) is 0 Å². The molecule has 21 heavy (non-hydrogen) atoms. The largest absolute Gasteiger partial charge is 0.505 e. The molecule has 0 aromatic heterocycles. The second-order valence-corrected chi connectivity index (χ2v) is 3.93. The van der Waals surface area contributed by atoms with Crippen molar-refractivity contribution in [2.24, 2.45) is 0 Å². The third-order valence-corrected chi connectivity index (χ3v) is 2.70. The van der Waals surface area contributed by atoms with E-state index in [4.69, 9.17) is 10.2 Å². The lowest BCUT2D eigenvalue weighted by Gasteiger charge is -2.12. The van der Waals surface area contributed by atoms with Crippen molar-refractivity contribution in [3.63, 3.8) is 0 Å². The minimum Gasteiger partial charge on any atom is -0.505 e. The van der Waals surface area contributed by atoms with Gasteiger partial charge in [-0.25, -0.2) is 8.78 Å². The molecule has 0 spiro atoms. The van der Waals surface area contributed by atoms with Gasteiger partial charge in [-0.3, -0.25) is 0 Å². The van der Waals surface area contributed by atoms with Gasteiger partial charge in [0, 0.05) is 5.56 Å². The molecular weight excluding hydrogens is 303 g/mol. The number of benzene rings is 2. The number of phenolic OH excluding ortho intramolecular Hbond substituents is 4. The normalized spacial score (nSPS) is 10.9. The van der Waals surface area contributed by atoms with Gasteiger partial charge in [0.05, 0.1) is 5.56 Å². The fourth-order valence-electron chi connectivity index (χ4n) is 1.68. The lowest BCUT2D eigenvalue weighted by Crippen LogP contribution is -1.98. The number of phenols is 4. The molecule has 112 valence electrons. The minimum absolute atomic E-state index is 0.267. The third kappa shape index (κ3) is 1.97. The Balaban J connectivity index is 2.93. The maximum atomic E-state index is 13.6. The fourth-order valence-corrected chi connectivity index (χ4v) is 1.68. The average Bonchev–Trinajstić information content (AvgIpc) is 2.46. The van der Waals surface area contributed by atoms with Crippen molar-refractivity contribution in [1.29, 1.82) is 0 Å². The van der Waals surface area contributed by atoms with Crippen LogP contribution in [0.2, 0.25) is 0 Å². The Morgan fingerprint density at radius 2 is 1.10 bits per heavy atom. The molecule has 0 aliphatic rings. The molecule has 4 N–H and O–H groups in total. The zero-order valence-electron chi connectivity index (χ0n) is 9.76. The van der Waals surface area contributed by atoms with E-state index in [-0.39, 0.29) is 6.07 Å². The van der Waals surface area contributed by atoms with Crippen LogP contribution in [0.3, 0.4) is 0 Å². The molecule has 2 aromatic carbocycles. The van der Waals surface area contributed by atoms with Gasteiger partial charge >= 0.3 is 0 Å². The molecule has 0 saturated carbocycles. The molecule has 0 aliphatic carbocycles. The molecule has 0 unspecified atom stereocenters. The summed E-state index contributed by atoms with van der Waals surface area (Å²) in [5.41, 5.74) is -2.44. The summed E-state index contributed by atoms with van der Waals surface area (Å²) in [5.74, 6) is -16.5. The van der Waals surface area contributed by atoms with E-state index >= 15 is 0 Å². The predicted octanol–water partition coefficient (Wildman–Crippen LogP) is 2.87. The smallest absolute Gasteiger partial charge is 0.207 e. The van der Waals surface area contributed by atoms with Crippen LogP contribution in [0.5, 0.6) is 23.0 Å². The summed E-state index contributed by atoms with van der Waals surface area (Å²) in [6, 6.07) is 0.267. The Labute approximate surface area is 112 Å². The summed E-state index contributed by atoms with van der Waals surface area (Å²) >= 11 is 0. The van der Waals surface area contributed by atoms with Crippen LogP contribution in [0.4, 0.5) is 22.0 Å². The zero-order chi connectivity index (χ0) is 16.1. The molecular formula is C12H5F5O4. The molecule has 0 radical (unpaired) electrons. The summed E-state index contributed by atoms with van der Waals surface area (Å²) in [7, 11) is 0. The standard InChI is InChI=1S/C12H5F5O4/c13-5-3(18)1-2(10(19)8(5)16)4-6(14)7(15)9(17)12(21)11(4)20/h1,18-21H. The van der Waals surface area contributed by atoms with E-state index in [1.165, 1.54) is 0 Å². The van der Waals surface area contributed by atoms with Crippen molar-refractivity contribution in [3.8, 4) is 34.1 Å². The van der Waals surface area contributed by atoms with Gasteiger partial charge in [-0.05, 0) is 6.07 Å². The molecule has 0 saturated heterocycles. The maximum Gasteiger partial charge on any atom is 0.207 e. The first-order valence-electron chi connectivity index (χ1n) is 5.17. The number of halogens is 5. The van der Waals surface area contributed by atoms with Crippen molar-refractivity contribution in [3.05, 3.63) is 35.2 Å². The monoisotopic (exact) mass is 308 g/mol. The number of aromatic hydroxyl groups is 4. The number of hydrogen-bond acceptors (Lipinski definition) is 4. The van der Waals surface area contributed by atoms with Crippen LogP contribution < -0.4 is 0 Å². The number of hydrogen-bond donors (Lipinski definition) is 4. The predicted molar refractivity (Wildman–Crippen MR) is 58.3 cm³/mol. The highest BCUT2D eigenvalue weighted by Crippen LogP contribution is 2.46. The second-order valence-electron chi connectivity index (χ2n) is 3.93. The van der Waals surface area contributed by atoms with Gasteiger partial charge in [0.1, 0.15) is 0 Å². The summed E-state index contributed by atoms with van der Waals surface area (Å²) < 4.78 is 66.1. The Hall–Kier alpha value is -2.71. The van der Waals surface area contributed by atoms with Crippen molar-refractivity contribution in [2.75, 3.05) is 0 Å². The second kappa shape index (κ2) is 4.69. The highest BCUT2D eigenvalue weighted by molar-refractivity contribution is 5.79. The zero-order valence-corrected chi connectivity index (χ0v) is 9.76. The van der Waals surface area contributed by atoms with E-state index in [2.05, 4.69) is 0 Å². The topological polar surface area (TPSA) is 80.9 Å². The van der Waals surface area contributed by atoms with Gasteiger partial charge in [-0.1, -0.05) is 0 Å². The van der Waals surface area contributed by atoms with E-state index in [0.717, 1.165) is 0 Å². The first-order chi connectivity index (χ1) is 9.68. The first-order valence-corrected chi connectivity index (χ1v) is 5.17. The fraction of sp³-hybridized carbons (Fsp3) is 0. The van der Waals surface area contributed by atoms with Crippen LogP contribution in [0.1, 0.15) is 0 Å². The third-order valence-electron chi connectivity index (χ3n) is 2.70. The molecule has 9 heteroatoms. The summed E-state index contributed by atoms with van der Waals surface area (Å²) in [5, 5.41) is 36.9. The highest BCUT2D eigenvalue weighted by atomic mass is 19.2. The van der Waals surface area contributed by atoms with E-state index in [0.29, 0.717) is 0 Å². The van der Waals surface area contributed by atoms with Gasteiger partial charge < -0.3 is 20.4 Å². The minimum atomic E-state index is -2.22. The molecule has 0 heterocycles. The molecule has 0 fully saturated rings. The Morgan fingerprint density at radius 3 is 1.67 bits per heavy atom. The van der Waals surface area contributed by atoms with Crippen LogP contribution in [0.15, 0.2) is 6.07 Å². The lowest BCUT2D eigenvalue weighted by atomic mass is 10.0. The van der Waals surface area contributed by atoms with Crippen molar-refractivity contribution >= 4 is 0 Å². The van der Waals surface area contributed by atoms with E-state index in [1.807, 2.05) is 0 Å². The van der Waals surface area contributed by atoms with Gasteiger partial charge in [0.2, 0.25) is 17.5 Å². The summed E-state index contributed by atoms with van der Waals surface area (Å²) in [6.07, 6.45) is 0. The lowest BCUT2D eigenvalue weighted by molar-refractivity contribution is 0.350. The van der Waals surface area contributed by atoms with Crippen molar-refractivity contribution < 1.29 is 42.4 Å². The summed E-state index contributed by atoms with van der Waals surface area (Å²) in [4.78, 5) is 0. The van der Waals surface area contributed by atoms with Crippen molar-refractivity contribution in [2.45, 2.75) is 0 Å². The van der Waals surface area contributed by atoms with Crippen LogP contribution in [-0.2, 0) is 0 Å². The molecule has 4 nitrogen and oxygen atoms in total. The quantitative estimate of drug-likeness (QED) is 0.283. The van der Waals surface area contributed by atoms with E-state index < -0.39 is 63.2 Å². The Morgan fingerprint density at radius 1 is 0.571 bits per heavy atom. The number of rotatable bonds is 1. The van der Waals surface area contributed by atoms with Gasteiger partial charge in [0.25, 0.3) is 0 Å². The van der Waals surface area contributed by atoms with Gasteiger partial charge in [-0.15, -0.1) is 0 Å². The van der Waals surface area contributed by atoms with Gasteiger partial charge in [0.15, 0.2) is 34.6 Å². The van der Waals surface area contributed by atoms with Crippen LogP contribution in [-0.4, -0.2) is 20.4 Å². The van der Waals surface area contributed by atoms with E-state index in [1.54, 1.807) is 0 Å². The van der Waals surface area contributed by atoms with Crippen LogP contribution >= 0.6 is 0 Å². The van der Waals surface area contributed by atoms with Gasteiger partial charge in [-0.2, -0.15) is 13.2 Å². The molecule has 0 bridgehead atoms. The van der Waals surface area contributed by atoms with E-state index in [9.17, 15) is 32.2 Å². The SMILES string of the molecule is Oc1cc(-c2c(O)c(O)c(F)c(F)c2F)c(O)c(F)c1F. The molecule has 2 aromatic rings. The highest BCUT2D eigenvalue weighted by Gasteiger charge is 2.29. The molecule has 2 rings (SSSR count). The molecule has 0 amide bonds. The Kier molecular flexibility index (Phi) is 3.28. The molecule has 0 aliphatic heterocycles. The van der Waals surface area contributed by atoms with Crippen LogP contribution in [0, 0.1) is 29.1 Å². The first kappa shape index (κ1) is 14.7. The maximum absolute atomic E-state index is 13.6. The Bertz CT molecular complexity index is 731.